The van der Waals surface area contributed by atoms with Gasteiger partial charge in [0.25, 0.3) is 0 Å². The molecule has 1 atom stereocenters. The molecule has 2 aliphatic rings. The van der Waals surface area contributed by atoms with E-state index in [4.69, 9.17) is 14.2 Å². The van der Waals surface area contributed by atoms with Crippen LogP contribution in [0.1, 0.15) is 25.5 Å². The van der Waals surface area contributed by atoms with Gasteiger partial charge in [0, 0.05) is 11.8 Å². The minimum Gasteiger partial charge on any atom is -0.463 e. The van der Waals surface area contributed by atoms with Crippen LogP contribution in [0, 0.1) is 5.82 Å². The van der Waals surface area contributed by atoms with Crippen LogP contribution in [0.5, 0.6) is 11.5 Å². The van der Waals surface area contributed by atoms with Crippen molar-refractivity contribution in [1.82, 2.24) is 5.32 Å². The molecule has 0 fully saturated rings. The highest BCUT2D eigenvalue weighted by Crippen LogP contribution is 2.39. The Labute approximate surface area is 166 Å². The van der Waals surface area contributed by atoms with Crippen molar-refractivity contribution >= 4 is 17.7 Å². The third-order valence-electron chi connectivity index (χ3n) is 4.78. The molecule has 150 valence electrons. The Bertz CT molecular complexity index is 1020. The number of hydrogen-bond donors (Lipinski definition) is 1. The minimum atomic E-state index is -0.831. The average Bonchev–Trinajstić information content (AvgIpc) is 3.15. The lowest BCUT2D eigenvalue weighted by atomic mass is 9.94. The van der Waals surface area contributed by atoms with E-state index >= 15 is 0 Å². The number of urea groups is 1. The topological polar surface area (TPSA) is 77.1 Å². The highest BCUT2D eigenvalue weighted by Gasteiger charge is 2.37. The van der Waals surface area contributed by atoms with Crippen molar-refractivity contribution < 1.29 is 28.2 Å². The number of amides is 2. The maximum absolute atomic E-state index is 13.8. The van der Waals surface area contributed by atoms with Crippen LogP contribution in [0.25, 0.3) is 0 Å². The van der Waals surface area contributed by atoms with Crippen LogP contribution < -0.4 is 19.7 Å². The summed E-state index contributed by atoms with van der Waals surface area (Å²) in [6, 6.07) is 9.53. The van der Waals surface area contributed by atoms with Crippen LogP contribution in [0.15, 0.2) is 53.7 Å². The van der Waals surface area contributed by atoms with Crippen molar-refractivity contribution in [2.45, 2.75) is 19.9 Å². The van der Waals surface area contributed by atoms with Gasteiger partial charge in [0.05, 0.1) is 23.9 Å². The van der Waals surface area contributed by atoms with E-state index in [0.717, 1.165) is 0 Å². The van der Waals surface area contributed by atoms with Crippen LogP contribution in [-0.4, -0.2) is 25.4 Å². The second kappa shape index (κ2) is 7.46. The van der Waals surface area contributed by atoms with Crippen molar-refractivity contribution in [2.75, 3.05) is 18.3 Å². The zero-order chi connectivity index (χ0) is 20.5. The van der Waals surface area contributed by atoms with E-state index in [1.165, 1.54) is 23.1 Å². The van der Waals surface area contributed by atoms with Gasteiger partial charge in [-0.25, -0.2) is 14.0 Å². The summed E-state index contributed by atoms with van der Waals surface area (Å²) < 4.78 is 29.7. The Hall–Kier alpha value is -3.55. The van der Waals surface area contributed by atoms with Crippen molar-refractivity contribution in [2.24, 2.45) is 0 Å². The summed E-state index contributed by atoms with van der Waals surface area (Å²) in [4.78, 5) is 27.1. The lowest BCUT2D eigenvalue weighted by Gasteiger charge is -2.35. The summed E-state index contributed by atoms with van der Waals surface area (Å²) in [7, 11) is 0. The van der Waals surface area contributed by atoms with Gasteiger partial charge >= 0.3 is 12.0 Å². The summed E-state index contributed by atoms with van der Waals surface area (Å²) in [5.41, 5.74) is 1.57. The van der Waals surface area contributed by atoms with E-state index in [1.807, 2.05) is 0 Å². The van der Waals surface area contributed by atoms with E-state index in [1.54, 1.807) is 38.1 Å². The fraction of sp³-hybridized carbons (Fsp3) is 0.238. The monoisotopic (exact) mass is 398 g/mol. The van der Waals surface area contributed by atoms with Gasteiger partial charge < -0.3 is 19.5 Å². The van der Waals surface area contributed by atoms with Crippen molar-refractivity contribution in [3.8, 4) is 11.5 Å². The first-order valence-corrected chi connectivity index (χ1v) is 9.13. The van der Waals surface area contributed by atoms with Crippen LogP contribution in [0.2, 0.25) is 0 Å². The normalized spacial score (nSPS) is 18.0. The molecule has 4 rings (SSSR count). The van der Waals surface area contributed by atoms with E-state index in [2.05, 4.69) is 5.32 Å². The molecular weight excluding hydrogens is 379 g/mol. The number of carbonyl (C=O) groups is 2. The standard InChI is InChI=1S/C21H19FN2O5/c1-3-27-20(25)18-12(2)24(15-7-8-16-17(10-15)29-11-28-16)21(26)23-19(18)13-5-4-6-14(22)9-13/h4-10,19H,3,11H2,1-2H3,(H,23,26). The molecule has 0 aliphatic carbocycles. The molecule has 1 unspecified atom stereocenters. The third kappa shape index (κ3) is 3.37. The number of esters is 1. The molecule has 0 saturated carbocycles. The number of benzene rings is 2. The van der Waals surface area contributed by atoms with Gasteiger partial charge in [0.15, 0.2) is 11.5 Å². The van der Waals surface area contributed by atoms with Crippen molar-refractivity contribution in [3.05, 3.63) is 65.1 Å². The molecular formula is C21H19FN2O5. The van der Waals surface area contributed by atoms with Crippen LogP contribution >= 0.6 is 0 Å². The number of ether oxygens (including phenoxy) is 3. The molecule has 29 heavy (non-hydrogen) atoms. The third-order valence-corrected chi connectivity index (χ3v) is 4.78. The zero-order valence-corrected chi connectivity index (χ0v) is 15.9. The van der Waals surface area contributed by atoms with E-state index < -0.39 is 23.9 Å². The fourth-order valence-corrected chi connectivity index (χ4v) is 3.49. The van der Waals surface area contributed by atoms with Gasteiger partial charge in [-0.15, -0.1) is 0 Å². The number of nitrogens with one attached hydrogen (secondary N) is 1. The van der Waals surface area contributed by atoms with Crippen LogP contribution in [0.4, 0.5) is 14.9 Å². The van der Waals surface area contributed by atoms with Gasteiger partial charge in [-0.2, -0.15) is 0 Å². The number of rotatable bonds is 4. The van der Waals surface area contributed by atoms with E-state index in [-0.39, 0.29) is 19.0 Å². The molecule has 0 radical (unpaired) electrons. The highest BCUT2D eigenvalue weighted by molar-refractivity contribution is 6.03. The van der Waals surface area contributed by atoms with Gasteiger partial charge in [0.1, 0.15) is 5.82 Å². The number of hydrogen-bond acceptors (Lipinski definition) is 5. The Kier molecular flexibility index (Phi) is 4.84. The summed E-state index contributed by atoms with van der Waals surface area (Å²) in [6.45, 7) is 3.63. The first-order valence-electron chi connectivity index (χ1n) is 9.13. The molecule has 7 nitrogen and oxygen atoms in total. The van der Waals surface area contributed by atoms with Crippen molar-refractivity contribution in [3.63, 3.8) is 0 Å². The van der Waals surface area contributed by atoms with Crippen LogP contribution in [-0.2, 0) is 9.53 Å². The minimum absolute atomic E-state index is 0.107. The van der Waals surface area contributed by atoms with Crippen molar-refractivity contribution in [1.29, 1.82) is 0 Å². The Balaban J connectivity index is 1.81. The molecule has 2 aliphatic heterocycles. The summed E-state index contributed by atoms with van der Waals surface area (Å²) in [6.07, 6.45) is 0. The molecule has 2 aromatic carbocycles. The number of nitrogens with zero attached hydrogens (tertiary/aromatic N) is 1. The predicted molar refractivity (Wildman–Crippen MR) is 102 cm³/mol. The second-order valence-corrected chi connectivity index (χ2v) is 6.53. The SMILES string of the molecule is CCOC(=O)C1=C(C)N(c2ccc3c(c2)OCO3)C(=O)NC1c1cccc(F)c1. The largest absolute Gasteiger partial charge is 0.463 e. The molecule has 2 amide bonds. The van der Waals surface area contributed by atoms with Crippen LogP contribution in [0.3, 0.4) is 0 Å². The molecule has 2 heterocycles. The maximum Gasteiger partial charge on any atom is 0.338 e. The van der Waals surface area contributed by atoms with Gasteiger partial charge in [0.2, 0.25) is 6.79 Å². The molecule has 2 aromatic rings. The summed E-state index contributed by atoms with van der Waals surface area (Å²) in [5, 5.41) is 2.79. The maximum atomic E-state index is 13.8. The smallest absolute Gasteiger partial charge is 0.338 e. The lowest BCUT2D eigenvalue weighted by molar-refractivity contribution is -0.139. The fourth-order valence-electron chi connectivity index (χ4n) is 3.49. The Morgan fingerprint density at radius 1 is 1.24 bits per heavy atom. The number of anilines is 1. The van der Waals surface area contributed by atoms with E-state index in [0.29, 0.717) is 28.4 Å². The zero-order valence-electron chi connectivity index (χ0n) is 15.9. The van der Waals surface area contributed by atoms with E-state index in [9.17, 15) is 14.0 Å². The molecule has 0 aromatic heterocycles. The van der Waals surface area contributed by atoms with Gasteiger partial charge in [-0.05, 0) is 43.7 Å². The van der Waals surface area contributed by atoms with Gasteiger partial charge in [-0.1, -0.05) is 12.1 Å². The first-order chi connectivity index (χ1) is 14.0. The molecule has 0 bridgehead atoms. The molecule has 0 spiro atoms. The Morgan fingerprint density at radius 3 is 2.79 bits per heavy atom. The highest BCUT2D eigenvalue weighted by atomic mass is 19.1. The summed E-state index contributed by atoms with van der Waals surface area (Å²) >= 11 is 0. The summed E-state index contributed by atoms with van der Waals surface area (Å²) in [5.74, 6) is 0.0462. The predicted octanol–water partition coefficient (Wildman–Crippen LogP) is 3.66. The number of halogens is 1. The molecule has 8 heteroatoms. The quantitative estimate of drug-likeness (QED) is 0.796. The Morgan fingerprint density at radius 2 is 2.03 bits per heavy atom. The number of carbonyl (C=O) groups excluding carboxylic acids is 2. The number of allylic oxidation sites excluding steroid dienone is 1. The molecule has 0 saturated heterocycles. The number of fused-ring (bicyclic) bond motifs is 1. The van der Waals surface area contributed by atoms with Gasteiger partial charge in [-0.3, -0.25) is 4.90 Å². The second-order valence-electron chi connectivity index (χ2n) is 6.53. The average molecular weight is 398 g/mol. The first kappa shape index (κ1) is 18.8. The molecule has 1 N–H and O–H groups in total. The lowest BCUT2D eigenvalue weighted by Crippen LogP contribution is -2.48.